The Morgan fingerprint density at radius 1 is 1.00 bits per heavy atom. The second-order valence-corrected chi connectivity index (χ2v) is 6.37. The van der Waals surface area contributed by atoms with E-state index in [4.69, 9.17) is 4.74 Å². The van der Waals surface area contributed by atoms with Gasteiger partial charge in [0, 0.05) is 11.3 Å². The zero-order valence-electron chi connectivity index (χ0n) is 15.4. The van der Waals surface area contributed by atoms with Gasteiger partial charge in [0.05, 0.1) is 0 Å². The number of benzene rings is 2. The zero-order valence-corrected chi connectivity index (χ0v) is 15.4. The molecule has 0 aliphatic carbocycles. The topological polar surface area (TPSA) is 84.5 Å². The Morgan fingerprint density at radius 3 is 2.29 bits per heavy atom. The van der Waals surface area contributed by atoms with Gasteiger partial charge in [0.1, 0.15) is 17.7 Å². The molecule has 1 atom stereocenters. The van der Waals surface area contributed by atoms with Crippen LogP contribution in [0, 0.1) is 17.6 Å². The minimum Gasteiger partial charge on any atom is -0.454 e. The lowest BCUT2D eigenvalue weighted by molar-refractivity contribution is -0.150. The summed E-state index contributed by atoms with van der Waals surface area (Å²) in [6, 6.07) is 9.12. The van der Waals surface area contributed by atoms with Crippen LogP contribution < -0.4 is 10.6 Å². The molecule has 0 aliphatic heterocycles. The third-order valence-corrected chi connectivity index (χ3v) is 3.77. The summed E-state index contributed by atoms with van der Waals surface area (Å²) in [5.74, 6) is -3.33. The molecule has 2 aromatic carbocycles. The van der Waals surface area contributed by atoms with E-state index >= 15 is 0 Å². The fourth-order valence-corrected chi connectivity index (χ4v) is 2.31. The maximum absolute atomic E-state index is 13.1. The van der Waals surface area contributed by atoms with E-state index in [0.717, 1.165) is 18.2 Å². The fraction of sp³-hybridized carbons (Fsp3) is 0.250. The first-order valence-corrected chi connectivity index (χ1v) is 8.54. The molecule has 2 rings (SSSR count). The number of hydrogen-bond donors (Lipinski definition) is 2. The van der Waals surface area contributed by atoms with Crippen molar-refractivity contribution in [1.82, 2.24) is 5.32 Å². The average molecular weight is 390 g/mol. The number of ether oxygens (including phenoxy) is 1. The number of halogens is 2. The fourth-order valence-electron chi connectivity index (χ4n) is 2.31. The summed E-state index contributed by atoms with van der Waals surface area (Å²) in [7, 11) is 0. The first-order valence-electron chi connectivity index (χ1n) is 8.54. The number of esters is 1. The minimum absolute atomic E-state index is 0.184. The maximum Gasteiger partial charge on any atom is 0.329 e. The van der Waals surface area contributed by atoms with Crippen LogP contribution >= 0.6 is 0 Å². The molecule has 0 radical (unpaired) electrons. The second-order valence-electron chi connectivity index (χ2n) is 6.37. The van der Waals surface area contributed by atoms with Gasteiger partial charge < -0.3 is 15.4 Å². The standard InChI is InChI=1S/C20H20F2N2O4/c1-12(2)18(24-19(26)13-6-8-14(21)9-7-13)20(27)28-11-17(25)23-16-5-3-4-15(22)10-16/h3-10,12,18H,11H2,1-2H3,(H,23,25)(H,24,26)/t18-/m0/s1. The Labute approximate surface area is 160 Å². The molecule has 2 aromatic rings. The highest BCUT2D eigenvalue weighted by atomic mass is 19.1. The third-order valence-electron chi connectivity index (χ3n) is 3.77. The molecule has 0 saturated heterocycles. The summed E-state index contributed by atoms with van der Waals surface area (Å²) in [4.78, 5) is 36.4. The van der Waals surface area contributed by atoms with Crippen molar-refractivity contribution in [3.63, 3.8) is 0 Å². The largest absolute Gasteiger partial charge is 0.454 e. The Kier molecular flexibility index (Phi) is 7.20. The van der Waals surface area contributed by atoms with Crippen molar-refractivity contribution in [2.45, 2.75) is 19.9 Å². The molecule has 0 heterocycles. The van der Waals surface area contributed by atoms with E-state index < -0.39 is 42.1 Å². The monoisotopic (exact) mass is 390 g/mol. The van der Waals surface area contributed by atoms with Crippen LogP contribution in [0.4, 0.5) is 14.5 Å². The third kappa shape index (κ3) is 6.15. The normalized spacial score (nSPS) is 11.6. The van der Waals surface area contributed by atoms with Gasteiger partial charge in [-0.05, 0) is 48.4 Å². The molecule has 6 nitrogen and oxygen atoms in total. The average Bonchev–Trinajstić information content (AvgIpc) is 2.64. The van der Waals surface area contributed by atoms with Gasteiger partial charge in [-0.3, -0.25) is 9.59 Å². The summed E-state index contributed by atoms with van der Waals surface area (Å²) in [5.41, 5.74) is 0.412. The van der Waals surface area contributed by atoms with Crippen LogP contribution in [0.1, 0.15) is 24.2 Å². The molecule has 0 fully saturated rings. The van der Waals surface area contributed by atoms with Gasteiger partial charge in [0.2, 0.25) is 0 Å². The first kappa shape index (κ1) is 21.0. The van der Waals surface area contributed by atoms with Crippen molar-refractivity contribution in [2.24, 2.45) is 5.92 Å². The molecule has 0 bridgehead atoms. The Hall–Kier alpha value is -3.29. The van der Waals surface area contributed by atoms with E-state index in [-0.39, 0.29) is 17.2 Å². The van der Waals surface area contributed by atoms with Crippen LogP contribution in [0.2, 0.25) is 0 Å². The van der Waals surface area contributed by atoms with Crippen LogP contribution in [0.3, 0.4) is 0 Å². The molecule has 148 valence electrons. The van der Waals surface area contributed by atoms with Gasteiger partial charge in [-0.25, -0.2) is 13.6 Å². The molecule has 0 aliphatic rings. The smallest absolute Gasteiger partial charge is 0.329 e. The van der Waals surface area contributed by atoms with Crippen LogP contribution in [0.15, 0.2) is 48.5 Å². The van der Waals surface area contributed by atoms with Gasteiger partial charge in [0.15, 0.2) is 6.61 Å². The van der Waals surface area contributed by atoms with Crippen molar-refractivity contribution < 1.29 is 27.9 Å². The molecule has 0 saturated carbocycles. The number of carbonyl (C=O) groups is 3. The molecule has 8 heteroatoms. The van der Waals surface area contributed by atoms with E-state index in [0.29, 0.717) is 0 Å². The van der Waals surface area contributed by atoms with Crippen LogP contribution in [-0.2, 0) is 14.3 Å². The molecule has 2 amide bonds. The molecule has 0 aromatic heterocycles. The Bertz CT molecular complexity index is 854. The lowest BCUT2D eigenvalue weighted by Crippen LogP contribution is -2.45. The summed E-state index contributed by atoms with van der Waals surface area (Å²) in [6.07, 6.45) is 0. The maximum atomic E-state index is 13.1. The van der Waals surface area contributed by atoms with Gasteiger partial charge >= 0.3 is 5.97 Å². The van der Waals surface area contributed by atoms with E-state index in [9.17, 15) is 23.2 Å². The van der Waals surface area contributed by atoms with Crippen molar-refractivity contribution in [2.75, 3.05) is 11.9 Å². The SMILES string of the molecule is CC(C)[C@H](NC(=O)c1ccc(F)cc1)C(=O)OCC(=O)Nc1cccc(F)c1. The van der Waals surface area contributed by atoms with Gasteiger partial charge in [-0.15, -0.1) is 0 Å². The van der Waals surface area contributed by atoms with Crippen molar-refractivity contribution in [3.8, 4) is 0 Å². The molecular formula is C20H20F2N2O4. The van der Waals surface area contributed by atoms with E-state index in [1.54, 1.807) is 13.8 Å². The lowest BCUT2D eigenvalue weighted by atomic mass is 10.0. The molecule has 0 spiro atoms. The summed E-state index contributed by atoms with van der Waals surface area (Å²) in [5, 5.41) is 4.91. The minimum atomic E-state index is -1.00. The molecular weight excluding hydrogens is 370 g/mol. The number of hydrogen-bond acceptors (Lipinski definition) is 4. The highest BCUT2D eigenvalue weighted by molar-refractivity contribution is 5.97. The lowest BCUT2D eigenvalue weighted by Gasteiger charge is -2.20. The summed E-state index contributed by atoms with van der Waals surface area (Å²) < 4.78 is 31.0. The Balaban J connectivity index is 1.92. The molecule has 28 heavy (non-hydrogen) atoms. The van der Waals surface area contributed by atoms with Gasteiger partial charge in [-0.1, -0.05) is 19.9 Å². The van der Waals surface area contributed by atoms with Crippen molar-refractivity contribution in [3.05, 3.63) is 65.7 Å². The first-order chi connectivity index (χ1) is 13.3. The Morgan fingerprint density at radius 2 is 1.68 bits per heavy atom. The van der Waals surface area contributed by atoms with Crippen molar-refractivity contribution in [1.29, 1.82) is 0 Å². The second kappa shape index (κ2) is 9.59. The predicted molar refractivity (Wildman–Crippen MR) is 98.5 cm³/mol. The number of amides is 2. The predicted octanol–water partition coefficient (Wildman–Crippen LogP) is 2.90. The zero-order chi connectivity index (χ0) is 20.7. The number of carbonyl (C=O) groups excluding carboxylic acids is 3. The van der Waals surface area contributed by atoms with Crippen LogP contribution in [0.25, 0.3) is 0 Å². The number of anilines is 1. The quantitative estimate of drug-likeness (QED) is 0.712. The van der Waals surface area contributed by atoms with Crippen molar-refractivity contribution >= 4 is 23.5 Å². The highest BCUT2D eigenvalue weighted by Gasteiger charge is 2.26. The van der Waals surface area contributed by atoms with Gasteiger partial charge in [-0.2, -0.15) is 0 Å². The highest BCUT2D eigenvalue weighted by Crippen LogP contribution is 2.10. The van der Waals surface area contributed by atoms with Gasteiger partial charge in [0.25, 0.3) is 11.8 Å². The number of nitrogens with one attached hydrogen (secondary N) is 2. The van der Waals surface area contributed by atoms with E-state index in [1.807, 2.05) is 0 Å². The van der Waals surface area contributed by atoms with E-state index in [2.05, 4.69) is 10.6 Å². The number of rotatable bonds is 7. The molecule has 2 N–H and O–H groups in total. The van der Waals surface area contributed by atoms with E-state index in [1.165, 1.54) is 30.3 Å². The van der Waals surface area contributed by atoms with Crippen LogP contribution in [-0.4, -0.2) is 30.4 Å². The van der Waals surface area contributed by atoms with Crippen LogP contribution in [0.5, 0.6) is 0 Å². The summed E-state index contributed by atoms with van der Waals surface area (Å²) in [6.45, 7) is 2.80. The molecule has 0 unspecified atom stereocenters. The summed E-state index contributed by atoms with van der Waals surface area (Å²) >= 11 is 0.